The van der Waals surface area contributed by atoms with Gasteiger partial charge in [0.15, 0.2) is 0 Å². The lowest BCUT2D eigenvalue weighted by Crippen LogP contribution is -2.19. The largest absolute Gasteiger partial charge is 0.321 e. The Morgan fingerprint density at radius 2 is 2.25 bits per heavy atom. The Bertz CT molecular complexity index is 551. The maximum Gasteiger partial charge on any atom is 0.273 e. The number of hydrogen-bond donors (Lipinski definition) is 3. The maximum atomic E-state index is 11.9. The van der Waals surface area contributed by atoms with E-state index >= 15 is 0 Å². The lowest BCUT2D eigenvalue weighted by atomic mass is 10.1. The summed E-state index contributed by atoms with van der Waals surface area (Å²) in [6.07, 6.45) is 2.66. The molecular formula is C15H20N4O. The van der Waals surface area contributed by atoms with Gasteiger partial charge in [0.25, 0.3) is 5.91 Å². The van der Waals surface area contributed by atoms with Crippen LogP contribution in [0.25, 0.3) is 0 Å². The van der Waals surface area contributed by atoms with Gasteiger partial charge in [-0.2, -0.15) is 5.10 Å². The van der Waals surface area contributed by atoms with Crippen molar-refractivity contribution in [3.63, 3.8) is 0 Å². The monoisotopic (exact) mass is 272 g/mol. The van der Waals surface area contributed by atoms with E-state index in [1.54, 1.807) is 12.3 Å². The average Bonchev–Trinajstić information content (AvgIpc) is 2.99. The number of H-pyrrole nitrogens is 1. The van der Waals surface area contributed by atoms with Crippen molar-refractivity contribution in [2.45, 2.75) is 26.3 Å². The van der Waals surface area contributed by atoms with Crippen molar-refractivity contribution in [3.8, 4) is 0 Å². The molecule has 0 saturated heterocycles. The summed E-state index contributed by atoms with van der Waals surface area (Å²) >= 11 is 0. The molecule has 1 aromatic carbocycles. The number of carbonyl (C=O) groups is 1. The molecule has 106 valence electrons. The van der Waals surface area contributed by atoms with E-state index in [0.717, 1.165) is 24.2 Å². The van der Waals surface area contributed by atoms with Gasteiger partial charge in [-0.1, -0.05) is 19.1 Å². The fourth-order valence-corrected chi connectivity index (χ4v) is 1.95. The van der Waals surface area contributed by atoms with Gasteiger partial charge in [-0.15, -0.1) is 0 Å². The summed E-state index contributed by atoms with van der Waals surface area (Å²) in [5.41, 5.74) is 2.39. The first kappa shape index (κ1) is 14.3. The third-order valence-electron chi connectivity index (χ3n) is 3.09. The summed E-state index contributed by atoms with van der Waals surface area (Å²) in [5.74, 6) is -0.186. The quantitative estimate of drug-likeness (QED) is 0.757. The maximum absolute atomic E-state index is 11.9. The molecule has 3 N–H and O–H groups in total. The summed E-state index contributed by atoms with van der Waals surface area (Å²) in [4.78, 5) is 11.9. The molecule has 0 aliphatic carbocycles. The standard InChI is InChI=1S/C15H20N4O/c1-3-8-16-11(2)12-5-4-6-13(10-12)18-15(20)14-7-9-17-19-14/h4-7,9-11,16H,3,8H2,1-2H3,(H,17,19)(H,18,20). The van der Waals surface area contributed by atoms with Gasteiger partial charge in [0.2, 0.25) is 0 Å². The van der Waals surface area contributed by atoms with Crippen LogP contribution in [0.4, 0.5) is 5.69 Å². The predicted octanol–water partition coefficient (Wildman–Crippen LogP) is 2.72. The number of nitrogens with one attached hydrogen (secondary N) is 3. The summed E-state index contributed by atoms with van der Waals surface area (Å²) in [5, 5.41) is 12.7. The van der Waals surface area contributed by atoms with Crippen LogP contribution in [0.2, 0.25) is 0 Å². The van der Waals surface area contributed by atoms with Gasteiger partial charge < -0.3 is 10.6 Å². The van der Waals surface area contributed by atoms with E-state index in [0.29, 0.717) is 5.69 Å². The first-order chi connectivity index (χ1) is 9.70. The van der Waals surface area contributed by atoms with Gasteiger partial charge in [-0.25, -0.2) is 0 Å². The smallest absolute Gasteiger partial charge is 0.273 e. The summed E-state index contributed by atoms with van der Waals surface area (Å²) in [7, 11) is 0. The second kappa shape index (κ2) is 6.86. The fourth-order valence-electron chi connectivity index (χ4n) is 1.95. The van der Waals surface area contributed by atoms with Crippen LogP contribution in [0, 0.1) is 0 Å². The van der Waals surface area contributed by atoms with E-state index in [2.05, 4.69) is 40.7 Å². The molecule has 1 amide bonds. The topological polar surface area (TPSA) is 69.8 Å². The van der Waals surface area contributed by atoms with Crippen LogP contribution >= 0.6 is 0 Å². The molecule has 5 heteroatoms. The zero-order chi connectivity index (χ0) is 14.4. The predicted molar refractivity (Wildman–Crippen MR) is 79.7 cm³/mol. The minimum atomic E-state index is -0.186. The number of rotatable bonds is 6. The molecule has 20 heavy (non-hydrogen) atoms. The van der Waals surface area contributed by atoms with Gasteiger partial charge in [-0.05, 0) is 43.7 Å². The minimum Gasteiger partial charge on any atom is -0.321 e. The zero-order valence-electron chi connectivity index (χ0n) is 11.8. The Morgan fingerprint density at radius 1 is 1.40 bits per heavy atom. The van der Waals surface area contributed by atoms with E-state index < -0.39 is 0 Å². The molecule has 1 heterocycles. The molecule has 2 aromatic rings. The summed E-state index contributed by atoms with van der Waals surface area (Å²) in [6, 6.07) is 9.77. The second-order valence-corrected chi connectivity index (χ2v) is 4.73. The van der Waals surface area contributed by atoms with Crippen molar-refractivity contribution in [1.29, 1.82) is 0 Å². The molecule has 5 nitrogen and oxygen atoms in total. The second-order valence-electron chi connectivity index (χ2n) is 4.73. The molecule has 1 atom stereocenters. The Hall–Kier alpha value is -2.14. The van der Waals surface area contributed by atoms with Crippen molar-refractivity contribution in [1.82, 2.24) is 15.5 Å². The number of anilines is 1. The fraction of sp³-hybridized carbons (Fsp3) is 0.333. The Balaban J connectivity index is 2.04. The normalized spacial score (nSPS) is 12.1. The molecule has 0 spiro atoms. The van der Waals surface area contributed by atoms with Gasteiger partial charge in [0, 0.05) is 17.9 Å². The van der Waals surface area contributed by atoms with Crippen molar-refractivity contribution in [2.75, 3.05) is 11.9 Å². The van der Waals surface area contributed by atoms with Crippen LogP contribution in [-0.4, -0.2) is 22.6 Å². The summed E-state index contributed by atoms with van der Waals surface area (Å²) in [6.45, 7) is 5.23. The van der Waals surface area contributed by atoms with Crippen LogP contribution in [0.15, 0.2) is 36.5 Å². The number of amides is 1. The number of aromatic amines is 1. The van der Waals surface area contributed by atoms with Gasteiger partial charge in [0.05, 0.1) is 0 Å². The molecule has 1 aromatic heterocycles. The minimum absolute atomic E-state index is 0.186. The number of nitrogens with zero attached hydrogens (tertiary/aromatic N) is 1. The van der Waals surface area contributed by atoms with Gasteiger partial charge >= 0.3 is 0 Å². The first-order valence-corrected chi connectivity index (χ1v) is 6.84. The van der Waals surface area contributed by atoms with E-state index in [-0.39, 0.29) is 11.9 Å². The lowest BCUT2D eigenvalue weighted by Gasteiger charge is -2.15. The Morgan fingerprint density at radius 3 is 2.95 bits per heavy atom. The highest BCUT2D eigenvalue weighted by atomic mass is 16.1. The van der Waals surface area contributed by atoms with Crippen LogP contribution in [0.5, 0.6) is 0 Å². The molecule has 2 rings (SSSR count). The third-order valence-corrected chi connectivity index (χ3v) is 3.09. The molecule has 0 aliphatic rings. The van der Waals surface area contributed by atoms with E-state index in [4.69, 9.17) is 0 Å². The average molecular weight is 272 g/mol. The van der Waals surface area contributed by atoms with Crippen LogP contribution < -0.4 is 10.6 Å². The van der Waals surface area contributed by atoms with E-state index in [1.165, 1.54) is 0 Å². The highest BCUT2D eigenvalue weighted by Crippen LogP contribution is 2.17. The Kier molecular flexibility index (Phi) is 4.90. The van der Waals surface area contributed by atoms with Crippen LogP contribution in [0.3, 0.4) is 0 Å². The molecular weight excluding hydrogens is 252 g/mol. The lowest BCUT2D eigenvalue weighted by molar-refractivity contribution is 0.102. The highest BCUT2D eigenvalue weighted by molar-refractivity contribution is 6.02. The van der Waals surface area contributed by atoms with Crippen molar-refractivity contribution in [2.24, 2.45) is 0 Å². The van der Waals surface area contributed by atoms with E-state index in [1.807, 2.05) is 18.2 Å². The highest BCUT2D eigenvalue weighted by Gasteiger charge is 2.09. The molecule has 0 bridgehead atoms. The zero-order valence-corrected chi connectivity index (χ0v) is 11.8. The first-order valence-electron chi connectivity index (χ1n) is 6.84. The van der Waals surface area contributed by atoms with Crippen molar-refractivity contribution >= 4 is 11.6 Å². The van der Waals surface area contributed by atoms with Crippen molar-refractivity contribution in [3.05, 3.63) is 47.8 Å². The number of carbonyl (C=O) groups excluding carboxylic acids is 1. The number of hydrogen-bond acceptors (Lipinski definition) is 3. The third kappa shape index (κ3) is 3.68. The molecule has 0 aliphatic heterocycles. The van der Waals surface area contributed by atoms with E-state index in [9.17, 15) is 4.79 Å². The number of aromatic nitrogens is 2. The van der Waals surface area contributed by atoms with Crippen molar-refractivity contribution < 1.29 is 4.79 Å². The van der Waals surface area contributed by atoms with Crippen LogP contribution in [0.1, 0.15) is 42.4 Å². The molecule has 0 fully saturated rings. The molecule has 0 saturated carbocycles. The molecule has 0 radical (unpaired) electrons. The van der Waals surface area contributed by atoms with Gasteiger partial charge in [-0.3, -0.25) is 9.89 Å². The summed E-state index contributed by atoms with van der Waals surface area (Å²) < 4.78 is 0. The Labute approximate surface area is 118 Å². The van der Waals surface area contributed by atoms with Crippen LogP contribution in [-0.2, 0) is 0 Å². The number of benzene rings is 1. The molecule has 1 unspecified atom stereocenters. The SMILES string of the molecule is CCCNC(C)c1cccc(NC(=O)c2ccn[nH]2)c1. The van der Waals surface area contributed by atoms with Gasteiger partial charge in [0.1, 0.15) is 5.69 Å².